The van der Waals surface area contributed by atoms with E-state index in [-0.39, 0.29) is 29.6 Å². The summed E-state index contributed by atoms with van der Waals surface area (Å²) in [6.07, 6.45) is 3.66. The molecule has 21 heavy (non-hydrogen) atoms. The number of benzene rings is 1. The second-order valence-electron chi connectivity index (χ2n) is 5.78. The lowest BCUT2D eigenvalue weighted by Crippen LogP contribution is -2.34. The number of nitrogens with two attached hydrogens (primary N) is 1. The van der Waals surface area contributed by atoms with E-state index >= 15 is 0 Å². The van der Waals surface area contributed by atoms with Crippen LogP contribution in [-0.2, 0) is 4.79 Å². The van der Waals surface area contributed by atoms with E-state index in [9.17, 15) is 9.18 Å². The zero-order chi connectivity index (χ0) is 15.4. The van der Waals surface area contributed by atoms with Gasteiger partial charge < -0.3 is 11.1 Å². The Morgan fingerprint density at radius 1 is 1.52 bits per heavy atom. The van der Waals surface area contributed by atoms with Crippen LogP contribution in [0.1, 0.15) is 44.1 Å². The van der Waals surface area contributed by atoms with Gasteiger partial charge in [0.1, 0.15) is 5.82 Å². The first-order valence-electron chi connectivity index (χ1n) is 7.49. The number of carbonyl (C=O) groups excluding carboxylic acids is 1. The first kappa shape index (κ1) is 16.4. The van der Waals surface area contributed by atoms with E-state index in [4.69, 9.17) is 5.73 Å². The Morgan fingerprint density at radius 3 is 2.95 bits per heavy atom. The molecule has 0 spiro atoms. The maximum atomic E-state index is 13.9. The van der Waals surface area contributed by atoms with Crippen LogP contribution in [0.5, 0.6) is 0 Å². The van der Waals surface area contributed by atoms with Crippen LogP contribution in [0, 0.1) is 11.7 Å². The second kappa shape index (κ2) is 7.36. The van der Waals surface area contributed by atoms with Crippen molar-refractivity contribution in [2.45, 2.75) is 44.6 Å². The van der Waals surface area contributed by atoms with E-state index < -0.39 is 0 Å². The first-order valence-corrected chi connectivity index (χ1v) is 8.28. The third kappa shape index (κ3) is 4.27. The number of halogens is 2. The van der Waals surface area contributed by atoms with E-state index in [0.29, 0.717) is 12.1 Å². The molecule has 0 heterocycles. The summed E-state index contributed by atoms with van der Waals surface area (Å²) < 4.78 is 14.6. The summed E-state index contributed by atoms with van der Waals surface area (Å²) in [7, 11) is 0. The quantitative estimate of drug-likeness (QED) is 0.736. The molecule has 1 aromatic rings. The summed E-state index contributed by atoms with van der Waals surface area (Å²) in [5.41, 5.74) is 6.09. The first-order chi connectivity index (χ1) is 10.0. The second-order valence-corrected chi connectivity index (χ2v) is 6.63. The van der Waals surface area contributed by atoms with Crippen molar-refractivity contribution in [1.82, 2.24) is 5.32 Å². The molecule has 0 saturated heterocycles. The van der Waals surface area contributed by atoms with Crippen molar-refractivity contribution < 1.29 is 9.18 Å². The van der Waals surface area contributed by atoms with Crippen molar-refractivity contribution >= 4 is 21.8 Å². The van der Waals surface area contributed by atoms with E-state index in [0.717, 1.165) is 30.2 Å². The van der Waals surface area contributed by atoms with Gasteiger partial charge in [-0.2, -0.15) is 0 Å². The number of unbranched alkanes of at least 4 members (excludes halogenated alkanes) is 1. The summed E-state index contributed by atoms with van der Waals surface area (Å²) in [6, 6.07) is 5.08. The monoisotopic (exact) mass is 356 g/mol. The van der Waals surface area contributed by atoms with Gasteiger partial charge in [-0.1, -0.05) is 28.4 Å². The lowest BCUT2D eigenvalue weighted by molar-refractivity contribution is -0.123. The van der Waals surface area contributed by atoms with Crippen molar-refractivity contribution in [2.75, 3.05) is 6.54 Å². The molecule has 0 radical (unpaired) electrons. The van der Waals surface area contributed by atoms with E-state index in [1.54, 1.807) is 6.07 Å². The van der Waals surface area contributed by atoms with Gasteiger partial charge in [-0.15, -0.1) is 0 Å². The Labute approximate surface area is 133 Å². The predicted octanol–water partition coefficient (Wildman–Crippen LogP) is 3.33. The molecule has 1 saturated carbocycles. The molecule has 3 atom stereocenters. The maximum absolute atomic E-state index is 13.9. The third-order valence-corrected chi connectivity index (χ3v) is 4.67. The summed E-state index contributed by atoms with van der Waals surface area (Å²) in [6.45, 7) is 2.69. The number of amides is 1. The molecular formula is C16H22BrFN2O. The molecular weight excluding hydrogens is 335 g/mol. The van der Waals surface area contributed by atoms with Crippen LogP contribution in [-0.4, -0.2) is 18.5 Å². The molecule has 0 aromatic heterocycles. The van der Waals surface area contributed by atoms with E-state index in [2.05, 4.69) is 21.2 Å². The van der Waals surface area contributed by atoms with Crippen molar-refractivity contribution in [3.05, 3.63) is 34.1 Å². The molecule has 1 amide bonds. The van der Waals surface area contributed by atoms with E-state index in [1.807, 2.05) is 13.0 Å². The van der Waals surface area contributed by atoms with Crippen LogP contribution in [0.2, 0.25) is 0 Å². The lowest BCUT2D eigenvalue weighted by atomic mass is 10.1. The molecule has 1 aromatic carbocycles. The zero-order valence-corrected chi connectivity index (χ0v) is 13.8. The summed E-state index contributed by atoms with van der Waals surface area (Å²) in [4.78, 5) is 12.2. The Morgan fingerprint density at radius 2 is 2.29 bits per heavy atom. The fraction of sp³-hybridized carbons (Fsp3) is 0.562. The minimum atomic E-state index is -0.235. The van der Waals surface area contributed by atoms with E-state index in [1.165, 1.54) is 6.07 Å². The summed E-state index contributed by atoms with van der Waals surface area (Å²) in [5, 5.41) is 3.02. The van der Waals surface area contributed by atoms with Gasteiger partial charge in [-0.05, 0) is 44.9 Å². The van der Waals surface area contributed by atoms with Crippen LogP contribution < -0.4 is 11.1 Å². The molecule has 2 rings (SSSR count). The molecule has 1 unspecified atom stereocenters. The SMILES string of the molecule is CC(CCCCN)NC(=O)[C@@H]1C[C@H]1c1c(F)cccc1Br. The minimum absolute atomic E-state index is 0.00295. The minimum Gasteiger partial charge on any atom is -0.353 e. The maximum Gasteiger partial charge on any atom is 0.223 e. The topological polar surface area (TPSA) is 55.1 Å². The van der Waals surface area contributed by atoms with Crippen LogP contribution in [0.15, 0.2) is 22.7 Å². The van der Waals surface area contributed by atoms with Crippen LogP contribution in [0.3, 0.4) is 0 Å². The molecule has 116 valence electrons. The summed E-state index contributed by atoms with van der Waals surface area (Å²) in [5.74, 6) is -0.303. The standard InChI is InChI=1S/C16H22BrFN2O/c1-10(5-2-3-8-19)20-16(21)12-9-11(12)15-13(17)6-4-7-14(15)18/h4,6-7,10-12H,2-3,5,8-9,19H2,1H3,(H,20,21)/t10?,11-,12-/m1/s1. The van der Waals surface area contributed by atoms with Crippen molar-refractivity contribution in [2.24, 2.45) is 11.7 Å². The number of nitrogens with one attached hydrogen (secondary N) is 1. The highest BCUT2D eigenvalue weighted by Crippen LogP contribution is 2.50. The third-order valence-electron chi connectivity index (χ3n) is 3.98. The van der Waals surface area contributed by atoms with Crippen molar-refractivity contribution in [3.63, 3.8) is 0 Å². The van der Waals surface area contributed by atoms with Crippen molar-refractivity contribution in [3.8, 4) is 0 Å². The van der Waals surface area contributed by atoms with Gasteiger partial charge >= 0.3 is 0 Å². The van der Waals surface area contributed by atoms with Crippen molar-refractivity contribution in [1.29, 1.82) is 0 Å². The highest BCUT2D eigenvalue weighted by atomic mass is 79.9. The fourth-order valence-corrected chi connectivity index (χ4v) is 3.32. The number of hydrogen-bond acceptors (Lipinski definition) is 2. The molecule has 0 bridgehead atoms. The van der Waals surface area contributed by atoms with Gasteiger partial charge in [0.15, 0.2) is 0 Å². The van der Waals surface area contributed by atoms with Crippen LogP contribution in [0.4, 0.5) is 4.39 Å². The molecule has 0 aliphatic heterocycles. The smallest absolute Gasteiger partial charge is 0.223 e. The summed E-state index contributed by atoms with van der Waals surface area (Å²) >= 11 is 3.37. The van der Waals surface area contributed by atoms with Crippen LogP contribution >= 0.6 is 15.9 Å². The zero-order valence-electron chi connectivity index (χ0n) is 12.2. The molecule has 1 fully saturated rings. The van der Waals surface area contributed by atoms with Gasteiger partial charge in [-0.25, -0.2) is 4.39 Å². The normalized spacial score (nSPS) is 21.9. The Bertz CT molecular complexity index is 489. The van der Waals surface area contributed by atoms with Gasteiger partial charge in [0.05, 0.1) is 0 Å². The molecule has 3 nitrogen and oxygen atoms in total. The van der Waals surface area contributed by atoms with Gasteiger partial charge in [0.2, 0.25) is 5.91 Å². The molecule has 3 N–H and O–H groups in total. The molecule has 5 heteroatoms. The van der Waals surface area contributed by atoms with Gasteiger partial charge in [-0.3, -0.25) is 4.79 Å². The highest BCUT2D eigenvalue weighted by molar-refractivity contribution is 9.10. The number of rotatable bonds is 7. The number of carbonyl (C=O) groups is 1. The van der Waals surface area contributed by atoms with Gasteiger partial charge in [0.25, 0.3) is 0 Å². The Balaban J connectivity index is 1.87. The predicted molar refractivity (Wildman–Crippen MR) is 85.5 cm³/mol. The average Bonchev–Trinajstić information content (AvgIpc) is 3.19. The molecule has 1 aliphatic carbocycles. The largest absolute Gasteiger partial charge is 0.353 e. The Hall–Kier alpha value is -0.940. The number of hydrogen-bond donors (Lipinski definition) is 2. The van der Waals surface area contributed by atoms with Crippen LogP contribution in [0.25, 0.3) is 0 Å². The lowest BCUT2D eigenvalue weighted by Gasteiger charge is -2.13. The molecule has 1 aliphatic rings. The fourth-order valence-electron chi connectivity index (χ4n) is 2.69. The Kier molecular flexibility index (Phi) is 5.76. The highest BCUT2D eigenvalue weighted by Gasteiger charge is 2.46. The van der Waals surface area contributed by atoms with Gasteiger partial charge in [0, 0.05) is 27.9 Å². The average molecular weight is 357 g/mol.